The number of amides is 2. The van der Waals surface area contributed by atoms with Crippen molar-refractivity contribution in [1.29, 1.82) is 0 Å². The van der Waals surface area contributed by atoms with Gasteiger partial charge in [-0.25, -0.2) is 4.39 Å². The highest BCUT2D eigenvalue weighted by molar-refractivity contribution is 6.08. The summed E-state index contributed by atoms with van der Waals surface area (Å²) in [5.41, 5.74) is -1.56. The van der Waals surface area contributed by atoms with Crippen LogP contribution in [0.25, 0.3) is 0 Å². The molecule has 0 aliphatic carbocycles. The Morgan fingerprint density at radius 2 is 2.16 bits per heavy atom. The Balaban J connectivity index is 2.15. The standard InChI is InChI=1S/C23H31FN2O5/c1-6-10-26-17-8-7-15(25-20(29)14(3)28)12-16(17)23(21(26)30)13(2)19(22(4,5)24)18(31-23)9-11-27/h6-8,12-14,18-19,27-28H,1,9-11H2,2-5H3,(H,25,29)/t13-,14-,18+,19-,23+/m0/s1. The molecule has 1 fully saturated rings. The van der Waals surface area contributed by atoms with Crippen LogP contribution in [0.4, 0.5) is 15.8 Å². The molecule has 0 radical (unpaired) electrons. The van der Waals surface area contributed by atoms with Gasteiger partial charge in [0.05, 0.1) is 11.8 Å². The van der Waals surface area contributed by atoms with Gasteiger partial charge in [-0.15, -0.1) is 6.58 Å². The number of halogens is 1. The fourth-order valence-electron chi connectivity index (χ4n) is 5.08. The Labute approximate surface area is 181 Å². The molecule has 2 aliphatic rings. The van der Waals surface area contributed by atoms with Crippen LogP contribution in [-0.4, -0.2) is 53.1 Å². The van der Waals surface area contributed by atoms with Gasteiger partial charge in [-0.2, -0.15) is 0 Å². The SMILES string of the molecule is C=CCN1C(=O)[C@]2(O[C@H](CCO)[C@@H](C(C)(C)F)[C@@H]2C)c2cc(NC(=O)[C@H](C)O)ccc21. The van der Waals surface area contributed by atoms with Crippen LogP contribution < -0.4 is 10.2 Å². The molecule has 0 unspecified atom stereocenters. The number of anilines is 2. The van der Waals surface area contributed by atoms with Crippen molar-refractivity contribution in [3.05, 3.63) is 36.4 Å². The van der Waals surface area contributed by atoms with E-state index in [9.17, 15) is 19.8 Å². The monoisotopic (exact) mass is 434 g/mol. The Morgan fingerprint density at radius 3 is 2.71 bits per heavy atom. The molecule has 2 amide bonds. The van der Waals surface area contributed by atoms with Crippen molar-refractivity contribution >= 4 is 23.2 Å². The van der Waals surface area contributed by atoms with Crippen LogP contribution in [0.5, 0.6) is 0 Å². The maximum atomic E-state index is 15.3. The molecule has 2 aliphatic heterocycles. The minimum atomic E-state index is -1.65. The normalized spacial score (nSPS) is 28.7. The minimum Gasteiger partial charge on any atom is -0.396 e. The number of aliphatic hydroxyl groups excluding tert-OH is 2. The van der Waals surface area contributed by atoms with E-state index in [0.717, 1.165) is 0 Å². The van der Waals surface area contributed by atoms with Crippen molar-refractivity contribution in [2.45, 2.75) is 57.6 Å². The first-order chi connectivity index (χ1) is 14.5. The summed E-state index contributed by atoms with van der Waals surface area (Å²) in [4.78, 5) is 27.2. The smallest absolute Gasteiger partial charge is 0.264 e. The number of aliphatic hydroxyl groups is 2. The summed E-state index contributed by atoms with van der Waals surface area (Å²) in [7, 11) is 0. The first kappa shape index (κ1) is 23.4. The molecule has 1 aromatic rings. The number of hydrogen-bond donors (Lipinski definition) is 3. The lowest BCUT2D eigenvalue weighted by molar-refractivity contribution is -0.146. The third kappa shape index (κ3) is 3.77. The molecule has 0 bridgehead atoms. The van der Waals surface area contributed by atoms with Gasteiger partial charge >= 0.3 is 0 Å². The molecule has 1 saturated heterocycles. The number of rotatable bonds is 7. The molecular weight excluding hydrogens is 403 g/mol. The van der Waals surface area contributed by atoms with E-state index in [-0.39, 0.29) is 25.5 Å². The predicted octanol–water partition coefficient (Wildman–Crippen LogP) is 2.52. The van der Waals surface area contributed by atoms with E-state index >= 15 is 4.39 Å². The second kappa shape index (κ2) is 8.33. The number of carbonyl (C=O) groups excluding carboxylic acids is 2. The quantitative estimate of drug-likeness (QED) is 0.573. The highest BCUT2D eigenvalue weighted by atomic mass is 19.1. The van der Waals surface area contributed by atoms with Crippen LogP contribution in [0.3, 0.4) is 0 Å². The average Bonchev–Trinajstić information content (AvgIpc) is 3.10. The van der Waals surface area contributed by atoms with Gasteiger partial charge in [0.1, 0.15) is 11.8 Å². The van der Waals surface area contributed by atoms with Gasteiger partial charge in [0.15, 0.2) is 5.60 Å². The molecule has 3 rings (SSSR count). The van der Waals surface area contributed by atoms with Gasteiger partial charge in [0.2, 0.25) is 0 Å². The van der Waals surface area contributed by atoms with E-state index in [2.05, 4.69) is 11.9 Å². The van der Waals surface area contributed by atoms with Crippen LogP contribution in [0.2, 0.25) is 0 Å². The zero-order valence-electron chi connectivity index (χ0n) is 18.4. The number of fused-ring (bicyclic) bond motifs is 2. The highest BCUT2D eigenvalue weighted by Crippen LogP contribution is 2.58. The Kier molecular flexibility index (Phi) is 6.28. The maximum Gasteiger partial charge on any atom is 0.264 e. The topological polar surface area (TPSA) is 99.1 Å². The summed E-state index contributed by atoms with van der Waals surface area (Å²) in [6.45, 7) is 9.86. The summed E-state index contributed by atoms with van der Waals surface area (Å²) >= 11 is 0. The summed E-state index contributed by atoms with van der Waals surface area (Å²) in [5.74, 6) is -2.06. The van der Waals surface area contributed by atoms with Crippen LogP contribution in [0, 0.1) is 11.8 Å². The molecule has 1 aromatic carbocycles. The van der Waals surface area contributed by atoms with Crippen LogP contribution >= 0.6 is 0 Å². The number of nitrogens with zero attached hydrogens (tertiary/aromatic N) is 1. The third-order valence-corrected chi connectivity index (χ3v) is 6.33. The van der Waals surface area contributed by atoms with Crippen LogP contribution in [0.1, 0.15) is 39.7 Å². The van der Waals surface area contributed by atoms with Crippen molar-refractivity contribution in [3.8, 4) is 0 Å². The number of ether oxygens (including phenoxy) is 1. The van der Waals surface area contributed by atoms with Gasteiger partial charge < -0.3 is 25.2 Å². The zero-order chi connectivity index (χ0) is 23.1. The van der Waals surface area contributed by atoms with Gasteiger partial charge in [-0.1, -0.05) is 13.0 Å². The Hall–Kier alpha value is -2.29. The molecule has 5 atom stereocenters. The third-order valence-electron chi connectivity index (χ3n) is 6.33. The fraction of sp³-hybridized carbons (Fsp3) is 0.565. The highest BCUT2D eigenvalue weighted by Gasteiger charge is 2.65. The second-order valence-electron chi connectivity index (χ2n) is 8.88. The lowest BCUT2D eigenvalue weighted by Crippen LogP contribution is -2.45. The molecule has 7 nitrogen and oxygen atoms in total. The predicted molar refractivity (Wildman–Crippen MR) is 115 cm³/mol. The molecule has 31 heavy (non-hydrogen) atoms. The van der Waals surface area contributed by atoms with Crippen molar-refractivity contribution in [1.82, 2.24) is 0 Å². The molecular formula is C23H31FN2O5. The van der Waals surface area contributed by atoms with Crippen LogP contribution in [0.15, 0.2) is 30.9 Å². The van der Waals surface area contributed by atoms with E-state index < -0.39 is 41.2 Å². The summed E-state index contributed by atoms with van der Waals surface area (Å²) < 4.78 is 21.6. The van der Waals surface area contributed by atoms with Gasteiger partial charge in [0, 0.05) is 36.2 Å². The number of alkyl halides is 1. The van der Waals surface area contributed by atoms with Crippen molar-refractivity contribution in [2.75, 3.05) is 23.4 Å². The van der Waals surface area contributed by atoms with E-state index in [1.807, 2.05) is 0 Å². The van der Waals surface area contributed by atoms with Crippen molar-refractivity contribution < 1.29 is 28.9 Å². The largest absolute Gasteiger partial charge is 0.396 e. The maximum absolute atomic E-state index is 15.3. The molecule has 3 N–H and O–H groups in total. The molecule has 0 aromatic heterocycles. The molecule has 170 valence electrons. The Morgan fingerprint density at radius 1 is 1.48 bits per heavy atom. The van der Waals surface area contributed by atoms with E-state index in [1.54, 1.807) is 36.1 Å². The van der Waals surface area contributed by atoms with Gasteiger partial charge in [-0.3, -0.25) is 9.59 Å². The van der Waals surface area contributed by atoms with Crippen LogP contribution in [-0.2, 0) is 19.9 Å². The summed E-state index contributed by atoms with van der Waals surface area (Å²) in [6.07, 6.45) is -0.0534. The molecule has 0 saturated carbocycles. The minimum absolute atomic E-state index is 0.193. The van der Waals surface area contributed by atoms with Crippen molar-refractivity contribution in [3.63, 3.8) is 0 Å². The lowest BCUT2D eigenvalue weighted by Gasteiger charge is -2.32. The molecule has 2 heterocycles. The van der Waals surface area contributed by atoms with Gasteiger partial charge in [0.25, 0.3) is 11.8 Å². The summed E-state index contributed by atoms with van der Waals surface area (Å²) in [6, 6.07) is 4.99. The summed E-state index contributed by atoms with van der Waals surface area (Å²) in [5, 5.41) is 21.7. The average molecular weight is 435 g/mol. The number of nitrogens with one attached hydrogen (secondary N) is 1. The lowest BCUT2D eigenvalue weighted by atomic mass is 9.71. The molecule has 1 spiro atoms. The molecule has 8 heteroatoms. The van der Waals surface area contributed by atoms with Gasteiger partial charge in [-0.05, 0) is 45.4 Å². The van der Waals surface area contributed by atoms with E-state index in [4.69, 9.17) is 4.74 Å². The Bertz CT molecular complexity index is 881. The number of benzene rings is 1. The number of hydrogen-bond acceptors (Lipinski definition) is 5. The zero-order valence-corrected chi connectivity index (χ0v) is 18.4. The van der Waals surface area contributed by atoms with E-state index in [0.29, 0.717) is 16.9 Å². The number of carbonyl (C=O) groups is 2. The first-order valence-electron chi connectivity index (χ1n) is 10.5. The second-order valence-corrected chi connectivity index (χ2v) is 8.88. The van der Waals surface area contributed by atoms with Crippen molar-refractivity contribution in [2.24, 2.45) is 11.8 Å². The first-order valence-corrected chi connectivity index (χ1v) is 10.5. The van der Waals surface area contributed by atoms with E-state index in [1.165, 1.54) is 20.8 Å². The fourth-order valence-corrected chi connectivity index (χ4v) is 5.08.